The van der Waals surface area contributed by atoms with E-state index in [1.54, 1.807) is 0 Å². The molecule has 0 fully saturated rings. The number of benzene rings is 2. The summed E-state index contributed by atoms with van der Waals surface area (Å²) < 4.78 is 0. The third-order valence-electron chi connectivity index (χ3n) is 4.16. The van der Waals surface area contributed by atoms with Crippen LogP contribution >= 0.6 is 11.3 Å². The van der Waals surface area contributed by atoms with Gasteiger partial charge in [-0.2, -0.15) is 0 Å². The second-order valence-corrected chi connectivity index (χ2v) is 7.14. The van der Waals surface area contributed by atoms with E-state index in [1.807, 2.05) is 11.3 Å². The molecule has 1 aromatic heterocycles. The lowest BCUT2D eigenvalue weighted by molar-refractivity contribution is 0.922. The number of aryl methyl sites for hydroxylation is 2. The Bertz CT molecular complexity index is 668. The molecule has 0 N–H and O–H groups in total. The summed E-state index contributed by atoms with van der Waals surface area (Å²) in [7, 11) is 0. The predicted octanol–water partition coefficient (Wildman–Crippen LogP) is 6.99. The molecule has 0 aliphatic rings. The van der Waals surface area contributed by atoms with Crippen LogP contribution in [-0.2, 0) is 12.8 Å². The average Bonchev–Trinajstić information content (AvgIpc) is 3.07. The highest BCUT2D eigenvalue weighted by atomic mass is 32.1. The van der Waals surface area contributed by atoms with Crippen molar-refractivity contribution in [1.29, 1.82) is 0 Å². The minimum Gasteiger partial charge on any atom is -0.135 e. The van der Waals surface area contributed by atoms with Crippen molar-refractivity contribution in [2.75, 3.05) is 0 Å². The Balaban J connectivity index is 1.79. The molecule has 1 heterocycles. The monoisotopic (exact) mass is 320 g/mol. The topological polar surface area (TPSA) is 0 Å². The first-order valence-corrected chi connectivity index (χ1v) is 9.40. The molecule has 0 bridgehead atoms. The van der Waals surface area contributed by atoms with Crippen molar-refractivity contribution in [2.45, 2.75) is 39.5 Å². The molecule has 0 amide bonds. The summed E-state index contributed by atoms with van der Waals surface area (Å²) in [4.78, 5) is 2.70. The van der Waals surface area contributed by atoms with E-state index < -0.39 is 0 Å². The van der Waals surface area contributed by atoms with Gasteiger partial charge in [0.25, 0.3) is 0 Å². The van der Waals surface area contributed by atoms with E-state index in [4.69, 9.17) is 0 Å². The van der Waals surface area contributed by atoms with E-state index in [9.17, 15) is 0 Å². The molecule has 0 aliphatic heterocycles. The van der Waals surface area contributed by atoms with Crippen LogP contribution in [-0.4, -0.2) is 0 Å². The zero-order valence-electron chi connectivity index (χ0n) is 14.0. The van der Waals surface area contributed by atoms with Crippen molar-refractivity contribution in [3.8, 4) is 20.9 Å². The molecular weight excluding hydrogens is 296 g/mol. The van der Waals surface area contributed by atoms with Gasteiger partial charge in [0.2, 0.25) is 0 Å². The summed E-state index contributed by atoms with van der Waals surface area (Å²) in [6, 6.07) is 22.6. The maximum absolute atomic E-state index is 2.26. The van der Waals surface area contributed by atoms with Gasteiger partial charge in [-0.15, -0.1) is 11.3 Å². The second-order valence-electron chi connectivity index (χ2n) is 6.06. The van der Waals surface area contributed by atoms with E-state index in [1.165, 1.54) is 57.7 Å². The maximum Gasteiger partial charge on any atom is 0.0349 e. The molecule has 2 aromatic carbocycles. The van der Waals surface area contributed by atoms with Crippen LogP contribution in [0.2, 0.25) is 0 Å². The molecule has 118 valence electrons. The van der Waals surface area contributed by atoms with Crippen LogP contribution in [0.15, 0.2) is 60.7 Å². The van der Waals surface area contributed by atoms with Gasteiger partial charge < -0.3 is 0 Å². The minimum atomic E-state index is 1.17. The lowest BCUT2D eigenvalue weighted by atomic mass is 10.1. The zero-order chi connectivity index (χ0) is 16.1. The van der Waals surface area contributed by atoms with Crippen molar-refractivity contribution in [2.24, 2.45) is 0 Å². The highest BCUT2D eigenvalue weighted by Gasteiger charge is 2.05. The standard InChI is InChI=1S/C22H24S/c1-3-5-17-7-11-19(12-8-17)21-15-16-22(23-21)20-13-9-18(6-4-2)10-14-20/h7-16H,3-6H2,1-2H3. The Morgan fingerprint density at radius 2 is 0.957 bits per heavy atom. The normalized spacial score (nSPS) is 10.9. The van der Waals surface area contributed by atoms with Gasteiger partial charge in [-0.3, -0.25) is 0 Å². The predicted molar refractivity (Wildman–Crippen MR) is 103 cm³/mol. The van der Waals surface area contributed by atoms with Crippen molar-refractivity contribution in [1.82, 2.24) is 0 Å². The molecule has 0 unspecified atom stereocenters. The average molecular weight is 321 g/mol. The molecule has 0 saturated heterocycles. The second kappa shape index (κ2) is 7.61. The van der Waals surface area contributed by atoms with E-state index in [0.29, 0.717) is 0 Å². The van der Waals surface area contributed by atoms with Gasteiger partial charge in [0.15, 0.2) is 0 Å². The smallest absolute Gasteiger partial charge is 0.0349 e. The lowest BCUT2D eigenvalue weighted by Gasteiger charge is -2.02. The number of thiophene rings is 1. The maximum atomic E-state index is 2.26. The van der Waals surface area contributed by atoms with Crippen molar-refractivity contribution in [3.63, 3.8) is 0 Å². The summed E-state index contributed by atoms with van der Waals surface area (Å²) in [5, 5.41) is 0. The molecule has 23 heavy (non-hydrogen) atoms. The van der Waals surface area contributed by atoms with E-state index in [-0.39, 0.29) is 0 Å². The highest BCUT2D eigenvalue weighted by Crippen LogP contribution is 2.34. The van der Waals surface area contributed by atoms with Crippen LogP contribution in [0.5, 0.6) is 0 Å². The molecule has 0 spiro atoms. The largest absolute Gasteiger partial charge is 0.135 e. The third kappa shape index (κ3) is 3.92. The van der Waals surface area contributed by atoms with Gasteiger partial charge in [-0.05, 0) is 47.2 Å². The van der Waals surface area contributed by atoms with Crippen molar-refractivity contribution >= 4 is 11.3 Å². The Morgan fingerprint density at radius 1 is 0.565 bits per heavy atom. The van der Waals surface area contributed by atoms with Crippen LogP contribution in [0.25, 0.3) is 20.9 Å². The number of hydrogen-bond donors (Lipinski definition) is 0. The van der Waals surface area contributed by atoms with Gasteiger partial charge in [0.05, 0.1) is 0 Å². The lowest BCUT2D eigenvalue weighted by Crippen LogP contribution is -1.82. The molecule has 0 radical (unpaired) electrons. The quantitative estimate of drug-likeness (QED) is 0.459. The van der Waals surface area contributed by atoms with Crippen LogP contribution in [0.1, 0.15) is 37.8 Å². The number of rotatable bonds is 6. The van der Waals surface area contributed by atoms with Crippen molar-refractivity contribution in [3.05, 3.63) is 71.8 Å². The molecule has 0 saturated carbocycles. The first kappa shape index (κ1) is 16.0. The van der Waals surface area contributed by atoms with E-state index in [2.05, 4.69) is 74.5 Å². The Morgan fingerprint density at radius 3 is 1.30 bits per heavy atom. The molecule has 0 aliphatic carbocycles. The SMILES string of the molecule is CCCc1ccc(-c2ccc(-c3ccc(CCC)cc3)s2)cc1. The summed E-state index contributed by atoms with van der Waals surface area (Å²) >= 11 is 1.88. The summed E-state index contributed by atoms with van der Waals surface area (Å²) in [6.45, 7) is 4.45. The molecule has 3 aromatic rings. The Labute approximate surface area is 143 Å². The van der Waals surface area contributed by atoms with Gasteiger partial charge in [-0.25, -0.2) is 0 Å². The van der Waals surface area contributed by atoms with Gasteiger partial charge in [0.1, 0.15) is 0 Å². The molecule has 0 atom stereocenters. The minimum absolute atomic E-state index is 1.17. The van der Waals surface area contributed by atoms with Crippen LogP contribution in [0.3, 0.4) is 0 Å². The zero-order valence-corrected chi connectivity index (χ0v) is 14.8. The fraction of sp³-hybridized carbons (Fsp3) is 0.273. The molecular formula is C22H24S. The summed E-state index contributed by atoms with van der Waals surface area (Å²) in [6.07, 6.45) is 4.74. The summed E-state index contributed by atoms with van der Waals surface area (Å²) in [5.41, 5.74) is 5.51. The first-order valence-electron chi connectivity index (χ1n) is 8.58. The Hall–Kier alpha value is -1.86. The van der Waals surface area contributed by atoms with Gasteiger partial charge >= 0.3 is 0 Å². The molecule has 1 heteroatoms. The fourth-order valence-corrected chi connectivity index (χ4v) is 3.91. The molecule has 3 rings (SSSR count). The van der Waals surface area contributed by atoms with Gasteiger partial charge in [-0.1, -0.05) is 75.2 Å². The third-order valence-corrected chi connectivity index (χ3v) is 5.34. The highest BCUT2D eigenvalue weighted by molar-refractivity contribution is 7.18. The van der Waals surface area contributed by atoms with Gasteiger partial charge in [0, 0.05) is 9.75 Å². The van der Waals surface area contributed by atoms with Crippen LogP contribution in [0.4, 0.5) is 0 Å². The van der Waals surface area contributed by atoms with Crippen molar-refractivity contribution < 1.29 is 0 Å². The van der Waals surface area contributed by atoms with Crippen LogP contribution in [0, 0.1) is 0 Å². The van der Waals surface area contributed by atoms with E-state index >= 15 is 0 Å². The first-order chi connectivity index (χ1) is 11.3. The summed E-state index contributed by atoms with van der Waals surface area (Å²) in [5.74, 6) is 0. The molecule has 0 nitrogen and oxygen atoms in total. The van der Waals surface area contributed by atoms with Crippen LogP contribution < -0.4 is 0 Å². The Kier molecular flexibility index (Phi) is 5.30. The van der Waals surface area contributed by atoms with E-state index in [0.717, 1.165) is 0 Å². The fourth-order valence-electron chi connectivity index (χ4n) is 2.90. The number of hydrogen-bond acceptors (Lipinski definition) is 1.